The molecule has 0 rings (SSSR count). The Kier molecular flexibility index (Phi) is 48.1. The van der Waals surface area contributed by atoms with Crippen LogP contribution in [0.3, 0.4) is 0 Å². The molecule has 0 aromatic rings. The van der Waals surface area contributed by atoms with Crippen LogP contribution < -0.4 is 5.32 Å². The van der Waals surface area contributed by atoms with Crippen molar-refractivity contribution in [1.82, 2.24) is 5.32 Å². The van der Waals surface area contributed by atoms with Gasteiger partial charge in [-0.25, -0.2) is 0 Å². The lowest BCUT2D eigenvalue weighted by Gasteiger charge is -2.22. The second kappa shape index (κ2) is 49.3. The van der Waals surface area contributed by atoms with Gasteiger partial charge >= 0.3 is 5.97 Å². The highest BCUT2D eigenvalue weighted by Gasteiger charge is 2.20. The number of hydrogen-bond acceptors (Lipinski definition) is 5. The molecule has 0 heterocycles. The summed E-state index contributed by atoms with van der Waals surface area (Å²) in [4.78, 5) is 24.4. The third-order valence-electron chi connectivity index (χ3n) is 12.3. The maximum absolute atomic E-state index is 12.4. The number of unbranched alkanes of at least 4 members (excludes halogenated alkanes) is 36. The lowest BCUT2D eigenvalue weighted by molar-refractivity contribution is -0.143. The quantitative estimate of drug-likeness (QED) is 0.0322. The van der Waals surface area contributed by atoms with Crippen LogP contribution in [0, 0.1) is 0 Å². The van der Waals surface area contributed by atoms with Crippen LogP contribution in [0.5, 0.6) is 0 Å². The number of esters is 1. The fraction of sp³-hybridized carbons (Fsp3) is 0.925. The van der Waals surface area contributed by atoms with Gasteiger partial charge < -0.3 is 20.3 Å². The van der Waals surface area contributed by atoms with Crippen LogP contribution in [-0.4, -0.2) is 47.4 Å². The number of rotatable bonds is 49. The number of ether oxygens (including phenoxy) is 1. The van der Waals surface area contributed by atoms with Crippen LogP contribution in [0.2, 0.25) is 0 Å². The number of aliphatic hydroxyl groups is 2. The van der Waals surface area contributed by atoms with E-state index in [0.717, 1.165) is 44.9 Å². The highest BCUT2D eigenvalue weighted by molar-refractivity contribution is 5.76. The Balaban J connectivity index is 3.41. The smallest absolute Gasteiger partial charge is 0.305 e. The molecule has 0 saturated carbocycles. The summed E-state index contributed by atoms with van der Waals surface area (Å²) >= 11 is 0. The Morgan fingerprint density at radius 2 is 0.814 bits per heavy atom. The SMILES string of the molecule is CCCC/C=C\CCCCCCCC(=O)OCCCCCCCCCCCCCCCCCCCCC(=O)NC(CO)C(O)CCCCCCCCCCCCCCC. The van der Waals surface area contributed by atoms with Crippen molar-refractivity contribution in [3.8, 4) is 0 Å². The number of hydrogen-bond donors (Lipinski definition) is 3. The van der Waals surface area contributed by atoms with Crippen LogP contribution in [-0.2, 0) is 14.3 Å². The normalized spacial score (nSPS) is 12.7. The van der Waals surface area contributed by atoms with Crippen molar-refractivity contribution in [2.24, 2.45) is 0 Å². The zero-order chi connectivity index (χ0) is 43.0. The van der Waals surface area contributed by atoms with Crippen molar-refractivity contribution in [2.75, 3.05) is 13.2 Å². The minimum absolute atomic E-state index is 0.00365. The zero-order valence-electron chi connectivity index (χ0n) is 39.7. The van der Waals surface area contributed by atoms with E-state index in [1.54, 1.807) is 0 Å². The lowest BCUT2D eigenvalue weighted by atomic mass is 10.0. The number of carbonyl (C=O) groups is 2. The van der Waals surface area contributed by atoms with E-state index in [1.165, 1.54) is 212 Å². The molecule has 1 amide bonds. The van der Waals surface area contributed by atoms with E-state index in [4.69, 9.17) is 4.74 Å². The zero-order valence-corrected chi connectivity index (χ0v) is 39.7. The van der Waals surface area contributed by atoms with E-state index in [9.17, 15) is 19.8 Å². The number of amides is 1. The van der Waals surface area contributed by atoms with Crippen molar-refractivity contribution in [3.05, 3.63) is 12.2 Å². The molecule has 0 saturated heterocycles. The average molecular weight is 834 g/mol. The summed E-state index contributed by atoms with van der Waals surface area (Å²) in [5, 5.41) is 23.2. The fourth-order valence-electron chi connectivity index (χ4n) is 8.21. The molecule has 3 N–H and O–H groups in total. The summed E-state index contributed by atoms with van der Waals surface area (Å²) in [6.07, 6.45) is 56.1. The standard InChI is InChI=1S/C53H103NO5/c1-3-5-7-9-11-13-15-22-26-29-33-37-41-45-51(56)50(49-55)54-52(57)46-42-38-34-30-27-23-20-18-16-17-19-21-24-28-32-36-40-44-48-59-53(58)47-43-39-35-31-25-14-12-10-8-6-4-2/h10,12,50-51,55-56H,3-9,11,13-49H2,1-2H3,(H,54,57)/b12-10-. The molecule has 0 aliphatic carbocycles. The van der Waals surface area contributed by atoms with Crippen LogP contribution >= 0.6 is 0 Å². The van der Waals surface area contributed by atoms with Crippen molar-refractivity contribution < 1.29 is 24.5 Å². The average Bonchev–Trinajstić information content (AvgIpc) is 3.24. The first-order chi connectivity index (χ1) is 29.0. The molecule has 6 heteroatoms. The Morgan fingerprint density at radius 3 is 1.25 bits per heavy atom. The second-order valence-corrected chi connectivity index (χ2v) is 18.2. The number of nitrogens with one attached hydrogen (secondary N) is 1. The van der Waals surface area contributed by atoms with E-state index in [1.807, 2.05) is 0 Å². The van der Waals surface area contributed by atoms with Crippen molar-refractivity contribution in [3.63, 3.8) is 0 Å². The molecular weight excluding hydrogens is 731 g/mol. The number of aliphatic hydroxyl groups excluding tert-OH is 2. The van der Waals surface area contributed by atoms with Gasteiger partial charge in [-0.2, -0.15) is 0 Å². The third kappa shape index (κ3) is 45.9. The molecule has 0 radical (unpaired) electrons. The first-order valence-corrected chi connectivity index (χ1v) is 26.4. The Morgan fingerprint density at radius 1 is 0.458 bits per heavy atom. The van der Waals surface area contributed by atoms with Gasteiger partial charge in [0, 0.05) is 12.8 Å². The van der Waals surface area contributed by atoms with Gasteiger partial charge in [0.05, 0.1) is 25.4 Å². The number of carbonyl (C=O) groups excluding carboxylic acids is 2. The van der Waals surface area contributed by atoms with Gasteiger partial charge in [0.25, 0.3) is 0 Å². The Hall–Kier alpha value is -1.40. The van der Waals surface area contributed by atoms with Gasteiger partial charge in [-0.05, 0) is 44.9 Å². The van der Waals surface area contributed by atoms with Crippen LogP contribution in [0.25, 0.3) is 0 Å². The molecule has 0 aromatic heterocycles. The van der Waals surface area contributed by atoms with Gasteiger partial charge in [0.2, 0.25) is 5.91 Å². The Labute approximate surface area is 368 Å². The molecular formula is C53H103NO5. The summed E-state index contributed by atoms with van der Waals surface area (Å²) in [5.41, 5.74) is 0. The van der Waals surface area contributed by atoms with Crippen molar-refractivity contribution in [2.45, 2.75) is 302 Å². The fourth-order valence-corrected chi connectivity index (χ4v) is 8.21. The predicted octanol–water partition coefficient (Wildman–Crippen LogP) is 15.7. The lowest BCUT2D eigenvalue weighted by Crippen LogP contribution is -2.45. The molecule has 0 spiro atoms. The highest BCUT2D eigenvalue weighted by Crippen LogP contribution is 2.17. The van der Waals surface area contributed by atoms with Crippen molar-refractivity contribution >= 4 is 11.9 Å². The van der Waals surface area contributed by atoms with Gasteiger partial charge in [-0.15, -0.1) is 0 Å². The molecule has 350 valence electrons. The molecule has 0 aliphatic heterocycles. The van der Waals surface area contributed by atoms with Crippen LogP contribution in [0.15, 0.2) is 12.2 Å². The summed E-state index contributed by atoms with van der Waals surface area (Å²) in [7, 11) is 0. The third-order valence-corrected chi connectivity index (χ3v) is 12.3. The maximum atomic E-state index is 12.4. The molecule has 0 fully saturated rings. The molecule has 2 atom stereocenters. The molecule has 0 aromatic carbocycles. The maximum Gasteiger partial charge on any atom is 0.305 e. The van der Waals surface area contributed by atoms with E-state index in [0.29, 0.717) is 25.9 Å². The van der Waals surface area contributed by atoms with Crippen molar-refractivity contribution in [1.29, 1.82) is 0 Å². The highest BCUT2D eigenvalue weighted by atomic mass is 16.5. The van der Waals surface area contributed by atoms with Crippen LogP contribution in [0.4, 0.5) is 0 Å². The summed E-state index contributed by atoms with van der Waals surface area (Å²) in [6.45, 7) is 4.91. The predicted molar refractivity (Wildman–Crippen MR) is 255 cm³/mol. The first kappa shape index (κ1) is 57.6. The summed E-state index contributed by atoms with van der Waals surface area (Å²) in [5.74, 6) is -0.0423. The van der Waals surface area contributed by atoms with Gasteiger partial charge in [-0.3, -0.25) is 9.59 Å². The first-order valence-electron chi connectivity index (χ1n) is 26.4. The van der Waals surface area contributed by atoms with E-state index in [-0.39, 0.29) is 18.5 Å². The molecule has 6 nitrogen and oxygen atoms in total. The summed E-state index contributed by atoms with van der Waals surface area (Å²) in [6, 6.07) is -0.543. The minimum Gasteiger partial charge on any atom is -0.466 e. The second-order valence-electron chi connectivity index (χ2n) is 18.2. The molecule has 59 heavy (non-hydrogen) atoms. The molecule has 0 bridgehead atoms. The number of allylic oxidation sites excluding steroid dienone is 2. The minimum atomic E-state index is -0.665. The summed E-state index contributed by atoms with van der Waals surface area (Å²) < 4.78 is 5.45. The monoisotopic (exact) mass is 834 g/mol. The van der Waals surface area contributed by atoms with E-state index in [2.05, 4.69) is 31.3 Å². The van der Waals surface area contributed by atoms with E-state index < -0.39 is 12.1 Å². The van der Waals surface area contributed by atoms with Gasteiger partial charge in [-0.1, -0.05) is 244 Å². The largest absolute Gasteiger partial charge is 0.466 e. The van der Waals surface area contributed by atoms with E-state index >= 15 is 0 Å². The Bertz CT molecular complexity index is 878. The molecule has 0 aliphatic rings. The topological polar surface area (TPSA) is 95.9 Å². The van der Waals surface area contributed by atoms with Gasteiger partial charge in [0.1, 0.15) is 0 Å². The molecule has 2 unspecified atom stereocenters. The van der Waals surface area contributed by atoms with Gasteiger partial charge in [0.15, 0.2) is 0 Å². The van der Waals surface area contributed by atoms with Crippen LogP contribution in [0.1, 0.15) is 290 Å².